The molecule has 1 aromatic carbocycles. The van der Waals surface area contributed by atoms with Crippen LogP contribution in [0.4, 0.5) is 0 Å². The Hall–Kier alpha value is -2.14. The average molecular weight is 413 g/mol. The molecule has 1 atom stereocenters. The van der Waals surface area contributed by atoms with Crippen molar-refractivity contribution in [2.75, 3.05) is 19.6 Å². The highest BCUT2D eigenvalue weighted by atomic mass is 32.1. The van der Waals surface area contributed by atoms with Crippen LogP contribution < -0.4 is 0 Å². The first-order valence-electron chi connectivity index (χ1n) is 10.7. The molecule has 2 aromatic rings. The van der Waals surface area contributed by atoms with Gasteiger partial charge in [-0.1, -0.05) is 50.1 Å². The molecule has 0 spiro atoms. The Morgan fingerprint density at radius 1 is 1.14 bits per heavy atom. The van der Waals surface area contributed by atoms with E-state index in [0.717, 1.165) is 31.2 Å². The molecule has 156 valence electrons. The molecule has 0 aliphatic carbocycles. The van der Waals surface area contributed by atoms with Crippen molar-refractivity contribution in [1.82, 2.24) is 9.80 Å². The third kappa shape index (κ3) is 5.08. The maximum Gasteiger partial charge on any atom is 0.242 e. The average Bonchev–Trinajstić information content (AvgIpc) is 3.20. The summed E-state index contributed by atoms with van der Waals surface area (Å²) in [5, 5.41) is 2.12. The van der Waals surface area contributed by atoms with Gasteiger partial charge in [0.05, 0.1) is 12.6 Å². The number of aryl methyl sites for hydroxylation is 1. The zero-order valence-electron chi connectivity index (χ0n) is 17.8. The number of carbonyl (C=O) groups excluding carboxylic acids is 2. The number of fused-ring (bicyclic) bond motifs is 1. The van der Waals surface area contributed by atoms with E-state index in [0.29, 0.717) is 19.5 Å². The number of benzene rings is 1. The largest absolute Gasteiger partial charge is 0.333 e. The first-order chi connectivity index (χ1) is 14.0. The van der Waals surface area contributed by atoms with Crippen molar-refractivity contribution in [3.63, 3.8) is 0 Å². The number of amides is 2. The predicted octanol–water partition coefficient (Wildman–Crippen LogP) is 4.96. The van der Waals surface area contributed by atoms with Gasteiger partial charge in [0.15, 0.2) is 0 Å². The Balaban J connectivity index is 1.83. The fraction of sp³-hybridized carbons (Fsp3) is 0.500. The minimum Gasteiger partial charge on any atom is -0.333 e. The van der Waals surface area contributed by atoms with Crippen LogP contribution in [0.1, 0.15) is 67.1 Å². The lowest BCUT2D eigenvalue weighted by Gasteiger charge is -2.37. The number of nitrogens with zero attached hydrogens (tertiary/aromatic N) is 2. The summed E-state index contributed by atoms with van der Waals surface area (Å²) in [6, 6.07) is 10.6. The van der Waals surface area contributed by atoms with Gasteiger partial charge in [0, 0.05) is 24.4 Å². The van der Waals surface area contributed by atoms with E-state index in [4.69, 9.17) is 0 Å². The molecule has 0 saturated heterocycles. The Labute approximate surface area is 178 Å². The van der Waals surface area contributed by atoms with Crippen LogP contribution in [0.3, 0.4) is 0 Å². The Morgan fingerprint density at radius 3 is 2.59 bits per heavy atom. The second-order valence-electron chi connectivity index (χ2n) is 7.87. The van der Waals surface area contributed by atoms with Gasteiger partial charge < -0.3 is 9.80 Å². The van der Waals surface area contributed by atoms with E-state index in [1.54, 1.807) is 16.2 Å². The summed E-state index contributed by atoms with van der Waals surface area (Å²) in [5.41, 5.74) is 3.59. The van der Waals surface area contributed by atoms with Crippen molar-refractivity contribution >= 4 is 23.2 Å². The van der Waals surface area contributed by atoms with E-state index in [9.17, 15) is 9.59 Å². The summed E-state index contributed by atoms with van der Waals surface area (Å²) in [5.74, 6) is 0.146. The molecule has 0 N–H and O–H groups in total. The molecule has 2 amide bonds. The number of hydrogen-bond donors (Lipinski definition) is 0. The van der Waals surface area contributed by atoms with Crippen molar-refractivity contribution in [3.8, 4) is 0 Å². The van der Waals surface area contributed by atoms with Crippen LogP contribution in [0.15, 0.2) is 35.7 Å². The Morgan fingerprint density at radius 2 is 1.90 bits per heavy atom. The Kier molecular flexibility index (Phi) is 7.48. The summed E-state index contributed by atoms with van der Waals surface area (Å²) >= 11 is 1.77. The molecule has 1 aliphatic rings. The van der Waals surface area contributed by atoms with E-state index < -0.39 is 0 Å². The molecule has 3 rings (SSSR count). The van der Waals surface area contributed by atoms with Gasteiger partial charge in [-0.2, -0.15) is 0 Å². The zero-order chi connectivity index (χ0) is 20.8. The van der Waals surface area contributed by atoms with Crippen LogP contribution in [-0.4, -0.2) is 41.2 Å². The van der Waals surface area contributed by atoms with Gasteiger partial charge in [0.25, 0.3) is 0 Å². The number of rotatable bonds is 8. The molecule has 1 aromatic heterocycles. The van der Waals surface area contributed by atoms with Crippen molar-refractivity contribution in [1.29, 1.82) is 0 Å². The molecule has 2 heterocycles. The molecule has 29 heavy (non-hydrogen) atoms. The third-order valence-electron chi connectivity index (χ3n) is 5.60. The zero-order valence-corrected chi connectivity index (χ0v) is 18.6. The molecular formula is C24H32N2O2S. The fourth-order valence-electron chi connectivity index (χ4n) is 4.00. The molecule has 0 saturated carbocycles. The first-order valence-corrected chi connectivity index (χ1v) is 11.6. The van der Waals surface area contributed by atoms with Crippen LogP contribution in [0.25, 0.3) is 0 Å². The predicted molar refractivity (Wildman–Crippen MR) is 119 cm³/mol. The maximum absolute atomic E-state index is 13.4. The van der Waals surface area contributed by atoms with Crippen LogP contribution in [-0.2, 0) is 16.0 Å². The summed E-state index contributed by atoms with van der Waals surface area (Å²) in [4.78, 5) is 31.1. The summed E-state index contributed by atoms with van der Waals surface area (Å²) in [6.07, 6.45) is 4.14. The van der Waals surface area contributed by atoms with Gasteiger partial charge in [-0.3, -0.25) is 9.59 Å². The summed E-state index contributed by atoms with van der Waals surface area (Å²) in [6.45, 7) is 7.74. The van der Waals surface area contributed by atoms with E-state index in [-0.39, 0.29) is 24.4 Å². The van der Waals surface area contributed by atoms with Crippen molar-refractivity contribution in [3.05, 3.63) is 57.3 Å². The van der Waals surface area contributed by atoms with Crippen molar-refractivity contribution in [2.24, 2.45) is 0 Å². The normalized spacial score (nSPS) is 15.8. The first kappa shape index (κ1) is 21.6. The minimum atomic E-state index is -0.0627. The molecule has 0 bridgehead atoms. The quantitative estimate of drug-likeness (QED) is 0.615. The monoisotopic (exact) mass is 412 g/mol. The van der Waals surface area contributed by atoms with E-state index >= 15 is 0 Å². The third-order valence-corrected chi connectivity index (χ3v) is 6.59. The van der Waals surface area contributed by atoms with E-state index in [1.165, 1.54) is 16.0 Å². The van der Waals surface area contributed by atoms with Crippen LogP contribution in [0.2, 0.25) is 0 Å². The van der Waals surface area contributed by atoms with Gasteiger partial charge in [-0.05, 0) is 48.8 Å². The standard InChI is InChI=1S/C24H32N2O2S/c1-4-6-7-22(27)25(14-5-2)17-23(28)26-15-12-21-20(13-16-29-21)24(26)19-10-8-18(3)9-11-19/h8-11,13,16,24H,4-7,12,14-15,17H2,1-3H3/t24-/m0/s1. The second kappa shape index (κ2) is 10.1. The minimum absolute atomic E-state index is 0.0470. The van der Waals surface area contributed by atoms with Gasteiger partial charge in [0.2, 0.25) is 11.8 Å². The van der Waals surface area contributed by atoms with E-state index in [2.05, 4.69) is 56.5 Å². The smallest absolute Gasteiger partial charge is 0.242 e. The topological polar surface area (TPSA) is 40.6 Å². The fourth-order valence-corrected chi connectivity index (χ4v) is 4.90. The highest BCUT2D eigenvalue weighted by molar-refractivity contribution is 7.10. The maximum atomic E-state index is 13.4. The Bertz CT molecular complexity index is 828. The molecular weight excluding hydrogens is 380 g/mol. The summed E-state index contributed by atoms with van der Waals surface area (Å²) in [7, 11) is 0. The van der Waals surface area contributed by atoms with Crippen molar-refractivity contribution < 1.29 is 9.59 Å². The van der Waals surface area contributed by atoms with Crippen LogP contribution >= 0.6 is 11.3 Å². The number of carbonyl (C=O) groups is 2. The van der Waals surface area contributed by atoms with Crippen molar-refractivity contribution in [2.45, 2.75) is 58.9 Å². The van der Waals surface area contributed by atoms with Crippen LogP contribution in [0, 0.1) is 6.92 Å². The number of thiophene rings is 1. The van der Waals surface area contributed by atoms with Crippen LogP contribution in [0.5, 0.6) is 0 Å². The lowest BCUT2D eigenvalue weighted by molar-refractivity contribution is -0.141. The lowest BCUT2D eigenvalue weighted by atomic mass is 9.92. The van der Waals surface area contributed by atoms with Gasteiger partial charge in [-0.15, -0.1) is 11.3 Å². The molecule has 4 nitrogen and oxygen atoms in total. The SMILES string of the molecule is CCCCC(=O)N(CCC)CC(=O)N1CCc2sccc2[C@@H]1c1ccc(C)cc1. The highest BCUT2D eigenvalue weighted by Gasteiger charge is 2.33. The number of unbranched alkanes of at least 4 members (excludes halogenated alkanes) is 1. The molecule has 0 radical (unpaired) electrons. The van der Waals surface area contributed by atoms with E-state index in [1.807, 2.05) is 4.90 Å². The second-order valence-corrected chi connectivity index (χ2v) is 8.87. The molecule has 5 heteroatoms. The molecule has 1 aliphatic heterocycles. The highest BCUT2D eigenvalue weighted by Crippen LogP contribution is 2.38. The molecule has 0 fully saturated rings. The van der Waals surface area contributed by atoms with Gasteiger partial charge in [0.1, 0.15) is 0 Å². The number of hydrogen-bond acceptors (Lipinski definition) is 3. The summed E-state index contributed by atoms with van der Waals surface area (Å²) < 4.78 is 0. The van der Waals surface area contributed by atoms with Gasteiger partial charge >= 0.3 is 0 Å². The molecule has 0 unspecified atom stereocenters. The lowest BCUT2D eigenvalue weighted by Crippen LogP contribution is -2.47. The van der Waals surface area contributed by atoms with Gasteiger partial charge in [-0.25, -0.2) is 0 Å².